The van der Waals surface area contributed by atoms with E-state index in [0.717, 1.165) is 33.1 Å². The summed E-state index contributed by atoms with van der Waals surface area (Å²) in [6.07, 6.45) is 1.88. The van der Waals surface area contributed by atoms with Crippen LogP contribution in [-0.4, -0.2) is 26.1 Å². The molecule has 0 aliphatic rings. The van der Waals surface area contributed by atoms with Gasteiger partial charge in [0.2, 0.25) is 5.89 Å². The van der Waals surface area contributed by atoms with Crippen molar-refractivity contribution in [3.8, 4) is 0 Å². The molecular weight excluding hydrogens is 300 g/mol. The maximum absolute atomic E-state index is 5.27. The fourth-order valence-electron chi connectivity index (χ4n) is 1.39. The Bertz CT molecular complexity index is 514. The molecule has 2 heterocycles. The molecule has 0 spiro atoms. The zero-order valence-corrected chi connectivity index (χ0v) is 13.6. The Hall–Kier alpha value is -0.600. The monoisotopic (exact) mass is 316 g/mol. The first kappa shape index (κ1) is 14.8. The van der Waals surface area contributed by atoms with Gasteiger partial charge in [-0.1, -0.05) is 53.9 Å². The molecular formula is C11H16N4OS3. The van der Waals surface area contributed by atoms with Gasteiger partial charge < -0.3 is 4.52 Å². The highest BCUT2D eigenvalue weighted by molar-refractivity contribution is 8.03. The van der Waals surface area contributed by atoms with Gasteiger partial charge in [0.1, 0.15) is 0 Å². The number of hydrogen-bond donors (Lipinski definition) is 0. The summed E-state index contributed by atoms with van der Waals surface area (Å²) < 4.78 is 7.23. The number of hydrogen-bond acceptors (Lipinski definition) is 8. The Balaban J connectivity index is 1.96. The van der Waals surface area contributed by atoms with Crippen LogP contribution in [0.5, 0.6) is 0 Å². The van der Waals surface area contributed by atoms with E-state index in [1.807, 2.05) is 6.92 Å². The van der Waals surface area contributed by atoms with E-state index in [2.05, 4.69) is 34.2 Å². The molecule has 0 fully saturated rings. The van der Waals surface area contributed by atoms with Gasteiger partial charge in [0.25, 0.3) is 0 Å². The summed E-state index contributed by atoms with van der Waals surface area (Å²) in [5.74, 6) is 2.46. The van der Waals surface area contributed by atoms with Crippen LogP contribution < -0.4 is 0 Å². The lowest BCUT2D eigenvalue weighted by Gasteiger charge is -2.01. The average Bonchev–Trinajstić information content (AvgIpc) is 3.00. The lowest BCUT2D eigenvalue weighted by atomic mass is 10.3. The predicted molar refractivity (Wildman–Crippen MR) is 78.9 cm³/mol. The van der Waals surface area contributed by atoms with Crippen LogP contribution in [0.15, 0.2) is 13.2 Å². The molecule has 104 valence electrons. The van der Waals surface area contributed by atoms with Gasteiger partial charge >= 0.3 is 0 Å². The van der Waals surface area contributed by atoms with Crippen molar-refractivity contribution in [2.75, 3.05) is 5.75 Å². The van der Waals surface area contributed by atoms with E-state index in [0.29, 0.717) is 5.89 Å². The van der Waals surface area contributed by atoms with Crippen LogP contribution in [0.4, 0.5) is 0 Å². The summed E-state index contributed by atoms with van der Waals surface area (Å²) >= 11 is 4.93. The van der Waals surface area contributed by atoms with Gasteiger partial charge in [-0.05, 0) is 19.1 Å². The van der Waals surface area contributed by atoms with Crippen LogP contribution in [0.3, 0.4) is 0 Å². The lowest BCUT2D eigenvalue weighted by molar-refractivity contribution is 0.374. The molecule has 0 aliphatic heterocycles. The quantitative estimate of drug-likeness (QED) is 0.719. The van der Waals surface area contributed by atoms with Crippen LogP contribution in [0, 0.1) is 0 Å². The van der Waals surface area contributed by atoms with Crippen LogP contribution in [0.2, 0.25) is 0 Å². The highest BCUT2D eigenvalue weighted by atomic mass is 32.2. The number of aryl methyl sites for hydroxylation is 1. The molecule has 0 unspecified atom stereocenters. The van der Waals surface area contributed by atoms with Gasteiger partial charge in [-0.3, -0.25) is 0 Å². The molecule has 1 atom stereocenters. The van der Waals surface area contributed by atoms with Gasteiger partial charge in [0.05, 0.1) is 5.25 Å². The highest BCUT2D eigenvalue weighted by Crippen LogP contribution is 2.37. The van der Waals surface area contributed by atoms with Crippen molar-refractivity contribution in [2.45, 2.75) is 47.5 Å². The average molecular weight is 316 g/mol. The molecule has 2 aromatic heterocycles. The molecule has 2 aromatic rings. The zero-order valence-electron chi connectivity index (χ0n) is 11.1. The van der Waals surface area contributed by atoms with E-state index in [-0.39, 0.29) is 5.25 Å². The van der Waals surface area contributed by atoms with Crippen molar-refractivity contribution >= 4 is 34.9 Å². The standard InChI is InChI=1S/C11H16N4OS3/c1-4-6-8-12-9(16-15-8)7(3)18-11-14-13-10(19-11)17-5-2/h7H,4-6H2,1-3H3/t7-/m1/s1. The molecule has 0 radical (unpaired) electrons. The third-order valence-electron chi connectivity index (χ3n) is 2.24. The topological polar surface area (TPSA) is 64.7 Å². The normalized spacial score (nSPS) is 12.8. The second-order valence-corrected chi connectivity index (χ2v) is 7.90. The molecule has 0 bridgehead atoms. The molecule has 0 amide bonds. The van der Waals surface area contributed by atoms with E-state index in [4.69, 9.17) is 4.52 Å². The van der Waals surface area contributed by atoms with Gasteiger partial charge in [-0.25, -0.2) is 0 Å². The minimum Gasteiger partial charge on any atom is -0.338 e. The van der Waals surface area contributed by atoms with Gasteiger partial charge in [-0.15, -0.1) is 10.2 Å². The summed E-state index contributed by atoms with van der Waals surface area (Å²) in [5.41, 5.74) is 0. The van der Waals surface area contributed by atoms with Crippen molar-refractivity contribution in [1.82, 2.24) is 20.3 Å². The molecule has 0 N–H and O–H groups in total. The minimum atomic E-state index is 0.102. The fourth-order valence-corrected chi connectivity index (χ4v) is 4.48. The third-order valence-corrected chi connectivity index (χ3v) is 5.35. The Morgan fingerprint density at radius 1 is 1.26 bits per heavy atom. The number of rotatable bonds is 7. The number of aromatic nitrogens is 4. The van der Waals surface area contributed by atoms with Gasteiger partial charge in [-0.2, -0.15) is 4.98 Å². The van der Waals surface area contributed by atoms with E-state index >= 15 is 0 Å². The summed E-state index contributed by atoms with van der Waals surface area (Å²) in [5, 5.41) is 12.4. The summed E-state index contributed by atoms with van der Waals surface area (Å²) in [6, 6.07) is 0. The van der Waals surface area contributed by atoms with E-state index in [1.165, 1.54) is 0 Å². The maximum atomic E-state index is 5.27. The van der Waals surface area contributed by atoms with Crippen molar-refractivity contribution in [3.63, 3.8) is 0 Å². The highest BCUT2D eigenvalue weighted by Gasteiger charge is 2.17. The molecule has 19 heavy (non-hydrogen) atoms. The first-order chi connectivity index (χ1) is 9.22. The fraction of sp³-hybridized carbons (Fsp3) is 0.636. The molecule has 0 aliphatic carbocycles. The van der Waals surface area contributed by atoms with Crippen LogP contribution in [0.25, 0.3) is 0 Å². The first-order valence-corrected chi connectivity index (χ1v) is 8.86. The second-order valence-electron chi connectivity index (χ2n) is 3.83. The summed E-state index contributed by atoms with van der Waals surface area (Å²) in [7, 11) is 0. The van der Waals surface area contributed by atoms with Crippen molar-refractivity contribution in [1.29, 1.82) is 0 Å². The van der Waals surface area contributed by atoms with Crippen molar-refractivity contribution < 1.29 is 4.52 Å². The molecule has 8 heteroatoms. The molecule has 5 nitrogen and oxygen atoms in total. The minimum absolute atomic E-state index is 0.102. The number of nitrogens with zero attached hydrogens (tertiary/aromatic N) is 4. The summed E-state index contributed by atoms with van der Waals surface area (Å²) in [4.78, 5) is 4.39. The Labute approximate surface area is 125 Å². The van der Waals surface area contributed by atoms with Crippen molar-refractivity contribution in [2.24, 2.45) is 0 Å². The Morgan fingerprint density at radius 2 is 2.05 bits per heavy atom. The van der Waals surface area contributed by atoms with Crippen LogP contribution in [0.1, 0.15) is 44.2 Å². The molecule has 2 rings (SSSR count). The Kier molecular flexibility index (Phi) is 5.65. The van der Waals surface area contributed by atoms with Gasteiger partial charge in [0.15, 0.2) is 14.5 Å². The zero-order chi connectivity index (χ0) is 13.7. The molecule has 0 saturated carbocycles. The smallest absolute Gasteiger partial charge is 0.239 e. The summed E-state index contributed by atoms with van der Waals surface area (Å²) in [6.45, 7) is 6.25. The van der Waals surface area contributed by atoms with Gasteiger partial charge in [0, 0.05) is 6.42 Å². The van der Waals surface area contributed by atoms with E-state index < -0.39 is 0 Å². The predicted octanol–water partition coefficient (Wildman–Crippen LogP) is 3.84. The SMILES string of the molecule is CCCc1noc([C@@H](C)Sc2nnc(SCC)s2)n1. The maximum Gasteiger partial charge on any atom is 0.239 e. The second kappa shape index (κ2) is 7.25. The van der Waals surface area contributed by atoms with E-state index in [9.17, 15) is 0 Å². The van der Waals surface area contributed by atoms with Crippen molar-refractivity contribution in [3.05, 3.63) is 11.7 Å². The van der Waals surface area contributed by atoms with Crippen LogP contribution >= 0.6 is 34.9 Å². The largest absolute Gasteiger partial charge is 0.338 e. The lowest BCUT2D eigenvalue weighted by Crippen LogP contribution is -1.90. The van der Waals surface area contributed by atoms with E-state index in [1.54, 1.807) is 34.9 Å². The first-order valence-electron chi connectivity index (χ1n) is 6.18. The molecule has 0 saturated heterocycles. The Morgan fingerprint density at radius 3 is 2.79 bits per heavy atom. The number of thioether (sulfide) groups is 2. The van der Waals surface area contributed by atoms with Crippen LogP contribution in [-0.2, 0) is 6.42 Å². The third kappa shape index (κ3) is 4.19. The molecule has 0 aromatic carbocycles.